The molecule has 0 unspecified atom stereocenters. The minimum absolute atomic E-state index is 0.157. The zero-order valence-corrected chi connectivity index (χ0v) is 20.8. The Morgan fingerprint density at radius 2 is 1.47 bits per heavy atom. The predicted molar refractivity (Wildman–Crippen MR) is 135 cm³/mol. The van der Waals surface area contributed by atoms with Crippen molar-refractivity contribution in [2.24, 2.45) is 5.10 Å². The van der Waals surface area contributed by atoms with Crippen LogP contribution in [0.1, 0.15) is 27.0 Å². The van der Waals surface area contributed by atoms with Gasteiger partial charge in [0.15, 0.2) is 18.1 Å². The molecule has 0 aliphatic carbocycles. The van der Waals surface area contributed by atoms with Crippen molar-refractivity contribution in [1.29, 1.82) is 0 Å². The minimum Gasteiger partial charge on any atom is -0.493 e. The summed E-state index contributed by atoms with van der Waals surface area (Å²) in [6.45, 7) is 3.83. The zero-order valence-electron chi connectivity index (χ0n) is 20.8. The number of nitrogens with one attached hydrogen (secondary N) is 1. The summed E-state index contributed by atoms with van der Waals surface area (Å²) < 4.78 is 26.7. The van der Waals surface area contributed by atoms with Crippen molar-refractivity contribution < 1.29 is 33.3 Å². The van der Waals surface area contributed by atoms with Crippen molar-refractivity contribution >= 4 is 18.1 Å². The van der Waals surface area contributed by atoms with Gasteiger partial charge in [0.2, 0.25) is 5.75 Å². The van der Waals surface area contributed by atoms with E-state index in [4.69, 9.17) is 23.7 Å². The lowest BCUT2D eigenvalue weighted by molar-refractivity contribution is -0.123. The lowest BCUT2D eigenvalue weighted by Gasteiger charge is -2.13. The third kappa shape index (κ3) is 6.75. The van der Waals surface area contributed by atoms with E-state index in [1.165, 1.54) is 39.7 Å². The number of hydrogen-bond donors (Lipinski definition) is 1. The fourth-order valence-corrected chi connectivity index (χ4v) is 3.15. The Kier molecular flexibility index (Phi) is 8.88. The van der Waals surface area contributed by atoms with E-state index in [1.807, 2.05) is 32.0 Å². The van der Waals surface area contributed by atoms with E-state index in [0.29, 0.717) is 34.3 Å². The number of hydrogen-bond acceptors (Lipinski definition) is 8. The van der Waals surface area contributed by atoms with Gasteiger partial charge in [-0.25, -0.2) is 10.2 Å². The van der Waals surface area contributed by atoms with Crippen LogP contribution in [0.5, 0.6) is 28.7 Å². The van der Waals surface area contributed by atoms with Crippen LogP contribution in [0.4, 0.5) is 0 Å². The highest BCUT2D eigenvalue weighted by molar-refractivity contribution is 5.93. The molecule has 9 heteroatoms. The Labute approximate surface area is 209 Å². The molecule has 3 aromatic rings. The van der Waals surface area contributed by atoms with Crippen LogP contribution in [-0.4, -0.2) is 46.0 Å². The summed E-state index contributed by atoms with van der Waals surface area (Å²) in [4.78, 5) is 24.6. The van der Waals surface area contributed by atoms with Gasteiger partial charge in [-0.2, -0.15) is 5.10 Å². The van der Waals surface area contributed by atoms with Crippen LogP contribution < -0.4 is 29.1 Å². The van der Waals surface area contributed by atoms with Crippen LogP contribution in [-0.2, 0) is 4.79 Å². The van der Waals surface area contributed by atoms with Crippen LogP contribution in [0.3, 0.4) is 0 Å². The summed E-state index contributed by atoms with van der Waals surface area (Å²) in [7, 11) is 4.41. The smallest absolute Gasteiger partial charge is 0.343 e. The van der Waals surface area contributed by atoms with Crippen molar-refractivity contribution in [3.63, 3.8) is 0 Å². The third-order valence-corrected chi connectivity index (χ3v) is 5.24. The number of aryl methyl sites for hydroxylation is 2. The number of methoxy groups -OCH3 is 3. The van der Waals surface area contributed by atoms with Gasteiger partial charge >= 0.3 is 5.97 Å². The summed E-state index contributed by atoms with van der Waals surface area (Å²) >= 11 is 0. The molecule has 0 spiro atoms. The second-order valence-electron chi connectivity index (χ2n) is 7.70. The highest BCUT2D eigenvalue weighted by atomic mass is 16.5. The fraction of sp³-hybridized carbons (Fsp3) is 0.222. The van der Waals surface area contributed by atoms with E-state index in [2.05, 4.69) is 10.5 Å². The monoisotopic (exact) mass is 492 g/mol. The number of amides is 1. The van der Waals surface area contributed by atoms with Gasteiger partial charge in [-0.15, -0.1) is 0 Å². The van der Waals surface area contributed by atoms with Gasteiger partial charge in [0.05, 0.1) is 33.1 Å². The number of rotatable bonds is 10. The first-order chi connectivity index (χ1) is 17.3. The summed E-state index contributed by atoms with van der Waals surface area (Å²) in [5, 5.41) is 3.93. The molecule has 0 fully saturated rings. The van der Waals surface area contributed by atoms with Crippen molar-refractivity contribution in [3.05, 3.63) is 76.9 Å². The second kappa shape index (κ2) is 12.3. The molecule has 3 aromatic carbocycles. The standard InChI is InChI=1S/C27H28N2O7/c1-17-6-9-22(12-18(17)2)35-16-25(30)29-28-15-19-7-10-21(11-8-19)36-27(31)20-13-23(32-3)26(34-5)24(14-20)33-4/h6-15H,16H2,1-5H3,(H,29,30). The Bertz CT molecular complexity index is 1230. The highest BCUT2D eigenvalue weighted by Gasteiger charge is 2.18. The Balaban J connectivity index is 1.54. The molecule has 1 amide bonds. The Morgan fingerprint density at radius 1 is 0.833 bits per heavy atom. The molecule has 0 saturated carbocycles. The summed E-state index contributed by atoms with van der Waals surface area (Å²) in [6, 6.07) is 15.3. The minimum atomic E-state index is -0.591. The summed E-state index contributed by atoms with van der Waals surface area (Å²) in [6.07, 6.45) is 1.47. The number of ether oxygens (including phenoxy) is 5. The molecule has 0 aliphatic heterocycles. The maximum atomic E-state index is 12.6. The molecule has 3 rings (SSSR count). The maximum absolute atomic E-state index is 12.6. The number of carbonyl (C=O) groups is 2. The van der Waals surface area contributed by atoms with E-state index in [0.717, 1.165) is 11.1 Å². The lowest BCUT2D eigenvalue weighted by Crippen LogP contribution is -2.24. The first-order valence-electron chi connectivity index (χ1n) is 11.0. The van der Waals surface area contributed by atoms with Crippen LogP contribution in [0, 0.1) is 13.8 Å². The number of benzene rings is 3. The van der Waals surface area contributed by atoms with Gasteiger partial charge in [-0.3, -0.25) is 4.79 Å². The second-order valence-corrected chi connectivity index (χ2v) is 7.70. The van der Waals surface area contributed by atoms with Crippen LogP contribution in [0.2, 0.25) is 0 Å². The molecular weight excluding hydrogens is 464 g/mol. The van der Waals surface area contributed by atoms with Crippen LogP contribution in [0.15, 0.2) is 59.7 Å². The summed E-state index contributed by atoms with van der Waals surface area (Å²) in [5.74, 6) is 1.04. The van der Waals surface area contributed by atoms with Gasteiger partial charge in [-0.1, -0.05) is 6.07 Å². The third-order valence-electron chi connectivity index (χ3n) is 5.24. The Morgan fingerprint density at radius 3 is 2.06 bits per heavy atom. The van der Waals surface area contributed by atoms with Gasteiger partial charge in [-0.05, 0) is 79.1 Å². The average Bonchev–Trinajstić information content (AvgIpc) is 2.89. The van der Waals surface area contributed by atoms with Crippen molar-refractivity contribution in [1.82, 2.24) is 5.43 Å². The highest BCUT2D eigenvalue weighted by Crippen LogP contribution is 2.38. The quantitative estimate of drug-likeness (QED) is 0.197. The number of hydrazone groups is 1. The predicted octanol–water partition coefficient (Wildman–Crippen LogP) is 4.08. The molecule has 9 nitrogen and oxygen atoms in total. The van der Waals surface area contributed by atoms with E-state index >= 15 is 0 Å². The van der Waals surface area contributed by atoms with E-state index in [-0.39, 0.29) is 18.1 Å². The van der Waals surface area contributed by atoms with Crippen LogP contribution in [0.25, 0.3) is 0 Å². The first kappa shape index (κ1) is 26.1. The van der Waals surface area contributed by atoms with Gasteiger partial charge in [0.1, 0.15) is 11.5 Å². The summed E-state index contributed by atoms with van der Waals surface area (Å²) in [5.41, 5.74) is 5.58. The molecule has 0 bridgehead atoms. The van der Waals surface area contributed by atoms with E-state index in [9.17, 15) is 9.59 Å². The zero-order chi connectivity index (χ0) is 26.1. The molecule has 0 aromatic heterocycles. The molecule has 0 radical (unpaired) electrons. The fourth-order valence-electron chi connectivity index (χ4n) is 3.15. The van der Waals surface area contributed by atoms with Gasteiger partial charge in [0, 0.05) is 0 Å². The van der Waals surface area contributed by atoms with Crippen molar-refractivity contribution in [2.45, 2.75) is 13.8 Å². The lowest BCUT2D eigenvalue weighted by atomic mass is 10.1. The molecule has 0 heterocycles. The molecule has 0 saturated heterocycles. The van der Waals surface area contributed by atoms with Crippen LogP contribution >= 0.6 is 0 Å². The first-order valence-corrected chi connectivity index (χ1v) is 11.0. The van der Waals surface area contributed by atoms with Crippen molar-refractivity contribution in [2.75, 3.05) is 27.9 Å². The molecule has 36 heavy (non-hydrogen) atoms. The largest absolute Gasteiger partial charge is 0.493 e. The van der Waals surface area contributed by atoms with Crippen molar-refractivity contribution in [3.8, 4) is 28.7 Å². The molecule has 0 atom stereocenters. The van der Waals surface area contributed by atoms with E-state index in [1.54, 1.807) is 24.3 Å². The number of nitrogens with zero attached hydrogens (tertiary/aromatic N) is 1. The molecule has 1 N–H and O–H groups in total. The normalized spacial score (nSPS) is 10.6. The van der Waals surface area contributed by atoms with Gasteiger partial charge < -0.3 is 23.7 Å². The molecular formula is C27H28N2O7. The van der Waals surface area contributed by atoms with E-state index < -0.39 is 5.97 Å². The maximum Gasteiger partial charge on any atom is 0.343 e. The van der Waals surface area contributed by atoms with Gasteiger partial charge in [0.25, 0.3) is 5.91 Å². The number of carbonyl (C=O) groups excluding carboxylic acids is 2. The number of esters is 1. The Hall–Kier alpha value is -4.53. The average molecular weight is 493 g/mol. The topological polar surface area (TPSA) is 105 Å². The molecule has 0 aliphatic rings. The molecule has 188 valence electrons. The SMILES string of the molecule is COc1cc(C(=O)Oc2ccc(C=NNC(=O)COc3ccc(C)c(C)c3)cc2)cc(OC)c1OC.